The fourth-order valence-corrected chi connectivity index (χ4v) is 4.66. The van der Waals surface area contributed by atoms with E-state index in [2.05, 4.69) is 20.6 Å². The summed E-state index contributed by atoms with van der Waals surface area (Å²) in [5, 5.41) is 9.81. The van der Waals surface area contributed by atoms with Gasteiger partial charge in [-0.3, -0.25) is 10.1 Å². The van der Waals surface area contributed by atoms with Crippen LogP contribution in [0, 0.1) is 12.8 Å². The summed E-state index contributed by atoms with van der Waals surface area (Å²) in [4.78, 5) is 34.0. The lowest BCUT2D eigenvalue weighted by Gasteiger charge is -2.14. The van der Waals surface area contributed by atoms with Crippen LogP contribution < -0.4 is 10.6 Å². The highest BCUT2D eigenvalue weighted by Gasteiger charge is 2.26. The summed E-state index contributed by atoms with van der Waals surface area (Å²) >= 11 is 2.83. The number of anilines is 2. The van der Waals surface area contributed by atoms with E-state index in [0.29, 0.717) is 16.4 Å². The van der Waals surface area contributed by atoms with Gasteiger partial charge in [0.05, 0.1) is 11.2 Å². The first-order chi connectivity index (χ1) is 13.6. The molecular formula is C20H20N4O2S2. The summed E-state index contributed by atoms with van der Waals surface area (Å²) in [5.41, 5.74) is 5.39. The maximum atomic E-state index is 12.9. The van der Waals surface area contributed by atoms with Crippen LogP contribution in [0.5, 0.6) is 0 Å². The van der Waals surface area contributed by atoms with Crippen LogP contribution in [-0.2, 0) is 0 Å². The molecule has 144 valence electrons. The number of nitrogens with one attached hydrogen (secondary N) is 2. The molecule has 0 unspecified atom stereocenters. The van der Waals surface area contributed by atoms with Crippen molar-refractivity contribution in [2.45, 2.75) is 32.6 Å². The smallest absolute Gasteiger partial charge is 0.307 e. The molecule has 8 heteroatoms. The summed E-state index contributed by atoms with van der Waals surface area (Å²) in [7, 11) is 0. The van der Waals surface area contributed by atoms with Gasteiger partial charge in [0.1, 0.15) is 11.4 Å². The fraction of sp³-hybridized carbons (Fsp3) is 0.300. The van der Waals surface area contributed by atoms with E-state index in [-0.39, 0.29) is 11.7 Å². The summed E-state index contributed by atoms with van der Waals surface area (Å²) in [5.74, 6) is 0.182. The summed E-state index contributed by atoms with van der Waals surface area (Å²) < 4.78 is 0. The number of Topliss-reactive ketones (excluding diaryl/α,β-unsaturated/α-hetero) is 1. The topological polar surface area (TPSA) is 84.0 Å². The monoisotopic (exact) mass is 412 g/mol. The molecule has 0 radical (unpaired) electrons. The van der Waals surface area contributed by atoms with Crippen molar-refractivity contribution < 1.29 is 9.59 Å². The molecule has 1 saturated carbocycles. The molecule has 0 atom stereocenters. The number of aryl methyl sites for hydroxylation is 1. The van der Waals surface area contributed by atoms with Gasteiger partial charge < -0.3 is 5.32 Å². The van der Waals surface area contributed by atoms with Gasteiger partial charge >= 0.3 is 6.03 Å². The van der Waals surface area contributed by atoms with E-state index in [0.717, 1.165) is 42.6 Å². The third kappa shape index (κ3) is 4.13. The Balaban J connectivity index is 1.48. The Morgan fingerprint density at radius 2 is 1.93 bits per heavy atom. The SMILES string of the molecule is Cc1ccc(NC(=O)Nc2nc(-c3cscn3)cs2)c(C(=O)C2CCCC2)c1. The van der Waals surface area contributed by atoms with Gasteiger partial charge in [0.2, 0.25) is 0 Å². The van der Waals surface area contributed by atoms with Crippen molar-refractivity contribution in [3.8, 4) is 11.4 Å². The van der Waals surface area contributed by atoms with Crippen molar-refractivity contribution in [3.05, 3.63) is 45.6 Å². The van der Waals surface area contributed by atoms with Crippen LogP contribution in [-0.4, -0.2) is 21.8 Å². The first-order valence-electron chi connectivity index (χ1n) is 9.17. The molecule has 0 aliphatic heterocycles. The fourth-order valence-electron chi connectivity index (χ4n) is 3.42. The van der Waals surface area contributed by atoms with Gasteiger partial charge in [0.25, 0.3) is 0 Å². The number of aromatic nitrogens is 2. The van der Waals surface area contributed by atoms with Crippen LogP contribution >= 0.6 is 22.7 Å². The van der Waals surface area contributed by atoms with Crippen LogP contribution in [0.2, 0.25) is 0 Å². The third-order valence-corrected chi connectivity index (χ3v) is 6.18. The van der Waals surface area contributed by atoms with Crippen LogP contribution in [0.15, 0.2) is 34.5 Å². The number of benzene rings is 1. The molecule has 0 spiro atoms. The lowest BCUT2D eigenvalue weighted by molar-refractivity contribution is 0.0923. The van der Waals surface area contributed by atoms with Crippen molar-refractivity contribution in [3.63, 3.8) is 0 Å². The van der Waals surface area contributed by atoms with Gasteiger partial charge in [0.15, 0.2) is 10.9 Å². The highest BCUT2D eigenvalue weighted by molar-refractivity contribution is 7.14. The van der Waals surface area contributed by atoms with Gasteiger partial charge in [-0.1, -0.05) is 24.5 Å². The van der Waals surface area contributed by atoms with Gasteiger partial charge in [-0.15, -0.1) is 22.7 Å². The van der Waals surface area contributed by atoms with E-state index in [1.807, 2.05) is 29.8 Å². The number of thiazole rings is 2. The number of amides is 2. The summed E-state index contributed by atoms with van der Waals surface area (Å²) in [6.07, 6.45) is 4.04. The van der Waals surface area contributed by atoms with Crippen molar-refractivity contribution in [1.29, 1.82) is 0 Å². The highest BCUT2D eigenvalue weighted by atomic mass is 32.1. The largest absolute Gasteiger partial charge is 0.325 e. The molecule has 2 amide bonds. The quantitative estimate of drug-likeness (QED) is 0.535. The van der Waals surface area contributed by atoms with Crippen molar-refractivity contribution in [2.75, 3.05) is 10.6 Å². The van der Waals surface area contributed by atoms with E-state index in [4.69, 9.17) is 0 Å². The van der Waals surface area contributed by atoms with Gasteiger partial charge in [-0.25, -0.2) is 14.8 Å². The lowest BCUT2D eigenvalue weighted by Crippen LogP contribution is -2.22. The van der Waals surface area contributed by atoms with Crippen molar-refractivity contribution in [1.82, 2.24) is 9.97 Å². The Hall–Kier alpha value is -2.58. The molecular weight excluding hydrogens is 392 g/mol. The summed E-state index contributed by atoms with van der Waals surface area (Å²) in [6, 6.07) is 5.13. The number of nitrogens with zero attached hydrogens (tertiary/aromatic N) is 2. The average molecular weight is 413 g/mol. The predicted molar refractivity (Wildman–Crippen MR) is 113 cm³/mol. The minimum atomic E-state index is -0.413. The standard InChI is InChI=1S/C20H20N4O2S2/c1-12-6-7-15(14(8-12)18(25)13-4-2-3-5-13)22-19(26)24-20-23-17(10-28-20)16-9-27-11-21-16/h6-11,13H,2-5H2,1H3,(H2,22,23,24,26). The molecule has 1 aliphatic carbocycles. The van der Waals surface area contributed by atoms with Crippen LogP contribution in [0.1, 0.15) is 41.6 Å². The molecule has 6 nitrogen and oxygen atoms in total. The van der Waals surface area contributed by atoms with E-state index < -0.39 is 6.03 Å². The number of hydrogen-bond donors (Lipinski definition) is 2. The molecule has 2 heterocycles. The molecule has 0 saturated heterocycles. The Morgan fingerprint density at radius 1 is 1.11 bits per heavy atom. The van der Waals surface area contributed by atoms with Gasteiger partial charge in [-0.2, -0.15) is 0 Å². The lowest BCUT2D eigenvalue weighted by atomic mass is 9.94. The van der Waals surface area contributed by atoms with E-state index in [1.165, 1.54) is 22.7 Å². The minimum absolute atomic E-state index is 0.0602. The van der Waals surface area contributed by atoms with E-state index in [9.17, 15) is 9.59 Å². The molecule has 3 aromatic rings. The Labute approximate surface area is 171 Å². The Kier molecular flexibility index (Phi) is 5.50. The normalized spacial score (nSPS) is 14.2. The van der Waals surface area contributed by atoms with Gasteiger partial charge in [0, 0.05) is 22.2 Å². The van der Waals surface area contributed by atoms with E-state index in [1.54, 1.807) is 11.6 Å². The minimum Gasteiger partial charge on any atom is -0.307 e. The zero-order chi connectivity index (χ0) is 19.5. The molecule has 1 aliphatic rings. The molecule has 4 rings (SSSR count). The van der Waals surface area contributed by atoms with Crippen LogP contribution in [0.25, 0.3) is 11.4 Å². The number of hydrogen-bond acceptors (Lipinski definition) is 6. The average Bonchev–Trinajstić information content (AvgIpc) is 3.44. The molecule has 28 heavy (non-hydrogen) atoms. The number of rotatable bonds is 5. The first-order valence-corrected chi connectivity index (χ1v) is 11.0. The Morgan fingerprint density at radius 3 is 2.68 bits per heavy atom. The van der Waals surface area contributed by atoms with Crippen LogP contribution in [0.4, 0.5) is 15.6 Å². The zero-order valence-electron chi connectivity index (χ0n) is 15.4. The Bertz CT molecular complexity index is 992. The zero-order valence-corrected chi connectivity index (χ0v) is 17.0. The van der Waals surface area contributed by atoms with Crippen LogP contribution in [0.3, 0.4) is 0 Å². The number of urea groups is 1. The number of carbonyl (C=O) groups is 2. The predicted octanol–water partition coefficient (Wildman–Crippen LogP) is 5.59. The maximum absolute atomic E-state index is 12.9. The summed E-state index contributed by atoms with van der Waals surface area (Å²) in [6.45, 7) is 1.95. The van der Waals surface area contributed by atoms with E-state index >= 15 is 0 Å². The third-order valence-electron chi connectivity index (χ3n) is 4.83. The second-order valence-electron chi connectivity index (χ2n) is 6.89. The number of ketones is 1. The number of carbonyl (C=O) groups excluding carboxylic acids is 2. The van der Waals surface area contributed by atoms with Crippen molar-refractivity contribution in [2.24, 2.45) is 5.92 Å². The van der Waals surface area contributed by atoms with Crippen molar-refractivity contribution >= 4 is 45.3 Å². The van der Waals surface area contributed by atoms with Gasteiger partial charge in [-0.05, 0) is 31.9 Å². The molecule has 2 N–H and O–H groups in total. The maximum Gasteiger partial charge on any atom is 0.325 e. The second kappa shape index (κ2) is 8.20. The second-order valence-corrected chi connectivity index (χ2v) is 8.46. The molecule has 0 bridgehead atoms. The molecule has 1 fully saturated rings. The molecule has 1 aromatic carbocycles. The highest BCUT2D eigenvalue weighted by Crippen LogP contribution is 2.31. The first kappa shape index (κ1) is 18.8. The molecule has 2 aromatic heterocycles.